The van der Waals surface area contributed by atoms with Crippen LogP contribution in [0.3, 0.4) is 0 Å². The molecule has 3 aromatic rings. The number of likely N-dealkylation sites (tertiary alicyclic amines) is 1. The smallest absolute Gasteiger partial charge is 0.398 e. The molecule has 0 amide bonds. The summed E-state index contributed by atoms with van der Waals surface area (Å²) in [5, 5.41) is 5.40. The van der Waals surface area contributed by atoms with Crippen LogP contribution in [0.25, 0.3) is 22.3 Å². The summed E-state index contributed by atoms with van der Waals surface area (Å²) >= 11 is 0. The average Bonchev–Trinajstić information content (AvgIpc) is 3.44. The fraction of sp³-hybridized carbons (Fsp3) is 0.304. The summed E-state index contributed by atoms with van der Waals surface area (Å²) in [5.74, 6) is 0. The summed E-state index contributed by atoms with van der Waals surface area (Å²) in [6.45, 7) is 4.02. The van der Waals surface area contributed by atoms with Crippen LogP contribution in [-0.2, 0) is 6.54 Å². The predicted molar refractivity (Wildman–Crippen MR) is 121 cm³/mol. The molecule has 0 spiro atoms. The molecule has 7 nitrogen and oxygen atoms in total. The zero-order chi connectivity index (χ0) is 23.6. The van der Waals surface area contributed by atoms with Crippen molar-refractivity contribution in [1.29, 1.82) is 0 Å². The minimum Gasteiger partial charge on any atom is -0.398 e. The zero-order valence-corrected chi connectivity index (χ0v) is 17.9. The highest BCUT2D eigenvalue weighted by atomic mass is 19.4. The summed E-state index contributed by atoms with van der Waals surface area (Å²) in [7, 11) is 0. The van der Waals surface area contributed by atoms with Gasteiger partial charge in [0.05, 0.1) is 18.3 Å². The van der Waals surface area contributed by atoms with Crippen molar-refractivity contribution in [2.45, 2.75) is 25.6 Å². The Morgan fingerprint density at radius 2 is 1.82 bits per heavy atom. The highest BCUT2D eigenvalue weighted by Crippen LogP contribution is 2.22. The molecule has 2 aromatic heterocycles. The second-order valence-electron chi connectivity index (χ2n) is 8.03. The first-order valence-electron chi connectivity index (χ1n) is 10.6. The van der Waals surface area contributed by atoms with E-state index in [9.17, 15) is 18.0 Å². The van der Waals surface area contributed by atoms with Crippen LogP contribution in [0.2, 0.25) is 0 Å². The molecule has 4 rings (SSSR count). The number of allylic oxidation sites excluding steroid dienone is 3. The van der Waals surface area contributed by atoms with E-state index < -0.39 is 11.9 Å². The number of hydrogen-bond donors (Lipinski definition) is 2. The van der Waals surface area contributed by atoms with Gasteiger partial charge in [-0.1, -0.05) is 0 Å². The highest BCUT2D eigenvalue weighted by molar-refractivity contribution is 5.81. The topological polar surface area (TPSA) is 95.1 Å². The van der Waals surface area contributed by atoms with Crippen molar-refractivity contribution in [2.75, 3.05) is 19.6 Å². The van der Waals surface area contributed by atoms with Gasteiger partial charge in [0.25, 0.3) is 5.56 Å². The van der Waals surface area contributed by atoms with Crippen LogP contribution in [0.1, 0.15) is 18.4 Å². The number of aromatic nitrogens is 3. The zero-order valence-electron chi connectivity index (χ0n) is 17.9. The van der Waals surface area contributed by atoms with Crippen molar-refractivity contribution in [1.82, 2.24) is 19.2 Å². The van der Waals surface area contributed by atoms with Crippen molar-refractivity contribution in [3.63, 3.8) is 0 Å². The van der Waals surface area contributed by atoms with Gasteiger partial charge >= 0.3 is 6.18 Å². The van der Waals surface area contributed by atoms with Crippen LogP contribution in [0.4, 0.5) is 13.2 Å². The molecule has 0 aliphatic carbocycles. The van der Waals surface area contributed by atoms with Crippen molar-refractivity contribution in [3.05, 3.63) is 76.5 Å². The molecule has 0 atom stereocenters. The van der Waals surface area contributed by atoms with Gasteiger partial charge in [0.2, 0.25) is 0 Å². The van der Waals surface area contributed by atoms with Crippen LogP contribution in [0.15, 0.2) is 65.4 Å². The second kappa shape index (κ2) is 9.14. The normalized spacial score (nSPS) is 16.1. The molecule has 1 aliphatic heterocycles. The largest absolute Gasteiger partial charge is 0.430 e. The highest BCUT2D eigenvalue weighted by Gasteiger charge is 2.30. The van der Waals surface area contributed by atoms with Crippen LogP contribution >= 0.6 is 0 Å². The van der Waals surface area contributed by atoms with Gasteiger partial charge in [-0.05, 0) is 62.3 Å². The molecule has 33 heavy (non-hydrogen) atoms. The molecule has 1 aliphatic rings. The van der Waals surface area contributed by atoms with E-state index in [1.54, 1.807) is 12.3 Å². The Hall–Kier alpha value is -3.53. The van der Waals surface area contributed by atoms with Gasteiger partial charge in [-0.15, -0.1) is 0 Å². The average molecular weight is 458 g/mol. The summed E-state index contributed by atoms with van der Waals surface area (Å²) in [4.78, 5) is 15.1. The first-order valence-corrected chi connectivity index (χ1v) is 10.6. The van der Waals surface area contributed by atoms with Gasteiger partial charge in [0.1, 0.15) is 5.70 Å². The summed E-state index contributed by atoms with van der Waals surface area (Å²) in [6, 6.07) is 8.48. The molecule has 0 unspecified atom stereocenters. The van der Waals surface area contributed by atoms with Crippen molar-refractivity contribution >= 4 is 16.6 Å². The maximum Gasteiger partial charge on any atom is 0.430 e. The fourth-order valence-corrected chi connectivity index (χ4v) is 3.89. The number of fused-ring (bicyclic) bond motifs is 1. The number of halogens is 3. The van der Waals surface area contributed by atoms with E-state index in [0.717, 1.165) is 43.2 Å². The third kappa shape index (κ3) is 5.11. The molecule has 3 heterocycles. The lowest BCUT2D eigenvalue weighted by Crippen LogP contribution is -2.24. The van der Waals surface area contributed by atoms with Crippen LogP contribution in [0, 0.1) is 0 Å². The van der Waals surface area contributed by atoms with E-state index in [0.29, 0.717) is 17.3 Å². The molecule has 4 N–H and O–H groups in total. The summed E-state index contributed by atoms with van der Waals surface area (Å²) < 4.78 is 40.9. The minimum absolute atomic E-state index is 0.00109. The maximum absolute atomic E-state index is 12.7. The molecular weight excluding hydrogens is 433 g/mol. The Balaban J connectivity index is 1.54. The van der Waals surface area contributed by atoms with Gasteiger partial charge < -0.3 is 16.4 Å². The predicted octanol–water partition coefficient (Wildman–Crippen LogP) is 2.99. The van der Waals surface area contributed by atoms with Crippen molar-refractivity contribution in [2.24, 2.45) is 11.5 Å². The summed E-state index contributed by atoms with van der Waals surface area (Å²) in [6.07, 6.45) is 2.88. The lowest BCUT2D eigenvalue weighted by molar-refractivity contribution is -0.0926. The molecule has 0 bridgehead atoms. The van der Waals surface area contributed by atoms with Crippen molar-refractivity contribution < 1.29 is 13.2 Å². The van der Waals surface area contributed by atoms with Gasteiger partial charge in [0.15, 0.2) is 0 Å². The summed E-state index contributed by atoms with van der Waals surface area (Å²) in [5.41, 5.74) is 11.1. The molecular formula is C23H25F3N6O. The Morgan fingerprint density at radius 3 is 2.52 bits per heavy atom. The Labute approximate surface area is 188 Å². The van der Waals surface area contributed by atoms with Crippen LogP contribution in [-0.4, -0.2) is 45.1 Å². The Bertz CT molecular complexity index is 1270. The number of nitrogens with zero attached hydrogens (tertiary/aromatic N) is 4. The number of pyridine rings is 1. The first-order chi connectivity index (χ1) is 15.7. The number of benzene rings is 1. The minimum atomic E-state index is -4.64. The number of nitrogens with two attached hydrogens (primary N) is 2. The SMILES string of the molecule is N/C(=C\C=C(/N)C(F)(F)F)c1ccn(-c2ccc3c(cnn3CCN3CCCC3)c2)c(=O)c1. The molecule has 174 valence electrons. The maximum atomic E-state index is 12.7. The Kier molecular flexibility index (Phi) is 6.28. The molecule has 0 radical (unpaired) electrons. The quantitative estimate of drug-likeness (QED) is 0.554. The number of alkyl halides is 3. The van der Waals surface area contributed by atoms with Gasteiger partial charge in [-0.2, -0.15) is 18.3 Å². The molecule has 0 saturated carbocycles. The van der Waals surface area contributed by atoms with E-state index in [4.69, 9.17) is 11.5 Å². The van der Waals surface area contributed by atoms with Crippen LogP contribution in [0.5, 0.6) is 0 Å². The molecule has 10 heteroatoms. The molecule has 1 aromatic carbocycles. The molecule has 1 saturated heterocycles. The number of hydrogen-bond acceptors (Lipinski definition) is 5. The van der Waals surface area contributed by atoms with E-state index in [1.165, 1.54) is 29.7 Å². The Morgan fingerprint density at radius 1 is 1.06 bits per heavy atom. The van der Waals surface area contributed by atoms with Gasteiger partial charge in [-0.3, -0.25) is 14.0 Å². The van der Waals surface area contributed by atoms with E-state index in [1.807, 2.05) is 22.9 Å². The van der Waals surface area contributed by atoms with E-state index in [2.05, 4.69) is 10.00 Å². The monoisotopic (exact) mass is 458 g/mol. The lowest BCUT2D eigenvalue weighted by Gasteiger charge is -2.14. The number of rotatable bonds is 6. The van der Waals surface area contributed by atoms with E-state index >= 15 is 0 Å². The standard InChI is InChI=1S/C23H25F3N6O/c24-23(25,26)21(28)6-4-19(27)16-7-10-31(22(33)14-16)18-3-5-20-17(13-18)15-29-32(20)12-11-30-8-1-2-9-30/h3-7,10,13-15H,1-2,8-9,11-12,27-28H2/b19-4-,21-6-. The fourth-order valence-electron chi connectivity index (χ4n) is 3.89. The van der Waals surface area contributed by atoms with Gasteiger partial charge in [-0.25, -0.2) is 0 Å². The van der Waals surface area contributed by atoms with Crippen LogP contribution < -0.4 is 17.0 Å². The third-order valence-electron chi connectivity index (χ3n) is 5.75. The van der Waals surface area contributed by atoms with E-state index in [-0.39, 0.29) is 11.3 Å². The van der Waals surface area contributed by atoms with Crippen molar-refractivity contribution in [3.8, 4) is 5.69 Å². The first kappa shape index (κ1) is 22.7. The lowest BCUT2D eigenvalue weighted by atomic mass is 10.1. The second-order valence-corrected chi connectivity index (χ2v) is 8.03. The molecule has 1 fully saturated rings. The van der Waals surface area contributed by atoms with Gasteiger partial charge in [0, 0.05) is 41.1 Å². The third-order valence-corrected chi connectivity index (χ3v) is 5.75.